The van der Waals surface area contributed by atoms with Crippen molar-refractivity contribution in [2.75, 3.05) is 65.3 Å². The number of nitrogens with zero attached hydrogens (tertiary/aromatic N) is 1. The summed E-state index contributed by atoms with van der Waals surface area (Å²) in [4.78, 5) is 11.9. The van der Waals surface area contributed by atoms with Crippen LogP contribution in [0.25, 0.3) is 0 Å². The molecule has 8 nitrogen and oxygen atoms in total. The number of thioether (sulfide) groups is 1. The molecule has 0 amide bonds. The van der Waals surface area contributed by atoms with E-state index in [0.717, 1.165) is 12.2 Å². The highest BCUT2D eigenvalue weighted by molar-refractivity contribution is 7.99. The minimum atomic E-state index is -4.32. The zero-order valence-electron chi connectivity index (χ0n) is 25.9. The van der Waals surface area contributed by atoms with Gasteiger partial charge in [0.25, 0.3) is 0 Å². The van der Waals surface area contributed by atoms with Gasteiger partial charge in [0, 0.05) is 51.7 Å². The predicted molar refractivity (Wildman–Crippen MR) is 162 cm³/mol. The monoisotopic (exact) mass is 601 g/mol. The SMILES string of the molecule is CCCC[N+](C)(CCCC)CCCC.CO[Si](CCCSCCC(=O)CC(C)(C)CS(=O)(=O)[O-])(OC)OC. The molecule has 0 heterocycles. The molecule has 0 aromatic carbocycles. The van der Waals surface area contributed by atoms with E-state index < -0.39 is 30.1 Å². The molecular formula is C27H59NO7S2Si. The molecule has 0 saturated carbocycles. The molecule has 0 radical (unpaired) electrons. The molecule has 0 rings (SSSR count). The first kappa shape index (κ1) is 40.1. The maximum atomic E-state index is 11.9. The van der Waals surface area contributed by atoms with Gasteiger partial charge in [0.2, 0.25) is 0 Å². The largest absolute Gasteiger partial charge is 0.748 e. The molecule has 0 fully saturated rings. The van der Waals surface area contributed by atoms with E-state index in [1.807, 2.05) is 0 Å². The third-order valence-corrected chi connectivity index (χ3v) is 11.7. The Kier molecular flexibility index (Phi) is 22.9. The Bertz CT molecular complexity index is 672. The van der Waals surface area contributed by atoms with Crippen LogP contribution in [0.15, 0.2) is 0 Å². The summed E-state index contributed by atoms with van der Waals surface area (Å²) in [6, 6.07) is 0.714. The predicted octanol–water partition coefficient (Wildman–Crippen LogP) is 5.74. The fourth-order valence-electron chi connectivity index (χ4n) is 4.34. The minimum absolute atomic E-state index is 0.0226. The Hall–Kier alpha value is -0.0131. The smallest absolute Gasteiger partial charge is 0.500 e. The van der Waals surface area contributed by atoms with E-state index in [2.05, 4.69) is 27.8 Å². The number of ketones is 1. The lowest BCUT2D eigenvalue weighted by atomic mass is 9.89. The number of rotatable bonds is 23. The van der Waals surface area contributed by atoms with Crippen molar-refractivity contribution in [1.82, 2.24) is 0 Å². The molecule has 0 aromatic rings. The van der Waals surface area contributed by atoms with Gasteiger partial charge < -0.3 is 22.3 Å². The summed E-state index contributed by atoms with van der Waals surface area (Å²) in [7, 11) is 0.339. The lowest BCUT2D eigenvalue weighted by molar-refractivity contribution is -0.910. The molecule has 0 unspecified atom stereocenters. The molecule has 0 aliphatic rings. The molecule has 11 heteroatoms. The van der Waals surface area contributed by atoms with E-state index >= 15 is 0 Å². The fourth-order valence-corrected chi connectivity index (χ4v) is 8.30. The zero-order chi connectivity index (χ0) is 29.7. The van der Waals surface area contributed by atoms with Crippen molar-refractivity contribution in [2.45, 2.75) is 98.5 Å². The van der Waals surface area contributed by atoms with Gasteiger partial charge in [-0.1, -0.05) is 53.9 Å². The van der Waals surface area contributed by atoms with Crippen LogP contribution in [-0.4, -0.2) is 97.3 Å². The molecule has 0 saturated heterocycles. The van der Waals surface area contributed by atoms with Crippen LogP contribution in [0.3, 0.4) is 0 Å². The molecule has 38 heavy (non-hydrogen) atoms. The van der Waals surface area contributed by atoms with Crippen LogP contribution >= 0.6 is 11.8 Å². The molecule has 0 N–H and O–H groups in total. The Morgan fingerprint density at radius 2 is 1.32 bits per heavy atom. The number of Topliss-reactive ketones (excluding diaryl/α,β-unsaturated/α-hetero) is 1. The van der Waals surface area contributed by atoms with Crippen LogP contribution in [0.4, 0.5) is 0 Å². The quantitative estimate of drug-likeness (QED) is 0.0632. The number of carbonyl (C=O) groups excluding carboxylic acids is 1. The lowest BCUT2D eigenvalue weighted by Crippen LogP contribution is -2.46. The van der Waals surface area contributed by atoms with Crippen LogP contribution in [0, 0.1) is 5.41 Å². The standard InChI is InChI=1S/C14H30O7S2Si.C13H30N/c1-14(2,12-23(16,17)18)11-13(15)7-9-22-8-6-10-24(19-3,20-4)21-5;1-5-8-11-14(4,12-9-6-2)13-10-7-3/h6-12H2,1-5H3,(H,16,17,18);5-13H2,1-4H3/q;+1/p-1. The molecule has 230 valence electrons. The van der Waals surface area contributed by atoms with Gasteiger partial charge >= 0.3 is 8.80 Å². The first-order valence-electron chi connectivity index (χ1n) is 14.2. The van der Waals surface area contributed by atoms with E-state index in [9.17, 15) is 17.8 Å². The number of hydrogen-bond acceptors (Lipinski definition) is 8. The lowest BCUT2D eigenvalue weighted by Gasteiger charge is -2.34. The summed E-state index contributed by atoms with van der Waals surface area (Å²) >= 11 is 1.65. The van der Waals surface area contributed by atoms with Crippen LogP contribution in [0.5, 0.6) is 0 Å². The Morgan fingerprint density at radius 1 is 0.868 bits per heavy atom. The Balaban J connectivity index is 0. The highest BCUT2D eigenvalue weighted by Crippen LogP contribution is 2.24. The van der Waals surface area contributed by atoms with Gasteiger partial charge in [0.1, 0.15) is 5.78 Å². The van der Waals surface area contributed by atoms with Crippen LogP contribution in [0.1, 0.15) is 92.4 Å². The molecule has 0 spiro atoms. The summed E-state index contributed by atoms with van der Waals surface area (Å²) in [5.74, 6) is 0.985. The second-order valence-electron chi connectivity index (χ2n) is 11.2. The van der Waals surface area contributed by atoms with Crippen molar-refractivity contribution in [3.8, 4) is 0 Å². The topological polar surface area (TPSA) is 102 Å². The van der Waals surface area contributed by atoms with E-state index in [-0.39, 0.29) is 12.2 Å². The van der Waals surface area contributed by atoms with Gasteiger partial charge in [-0.15, -0.1) is 0 Å². The van der Waals surface area contributed by atoms with Gasteiger partial charge in [-0.25, -0.2) is 8.42 Å². The fraction of sp³-hybridized carbons (Fsp3) is 0.963. The third kappa shape index (κ3) is 21.8. The maximum Gasteiger partial charge on any atom is 0.500 e. The van der Waals surface area contributed by atoms with Crippen LogP contribution < -0.4 is 0 Å². The average molecular weight is 602 g/mol. The van der Waals surface area contributed by atoms with Gasteiger partial charge in [-0.05, 0) is 36.9 Å². The molecule has 0 atom stereocenters. The number of unbranched alkanes of at least 4 members (excludes halogenated alkanes) is 3. The Morgan fingerprint density at radius 3 is 1.68 bits per heavy atom. The summed E-state index contributed by atoms with van der Waals surface area (Å²) in [5.41, 5.74) is -0.817. The zero-order valence-corrected chi connectivity index (χ0v) is 28.6. The minimum Gasteiger partial charge on any atom is -0.748 e. The number of hydrogen-bond donors (Lipinski definition) is 0. The van der Waals surface area contributed by atoms with Crippen molar-refractivity contribution in [2.24, 2.45) is 5.41 Å². The molecular weight excluding hydrogens is 543 g/mol. The van der Waals surface area contributed by atoms with Crippen molar-refractivity contribution >= 4 is 36.5 Å². The third-order valence-electron chi connectivity index (χ3n) is 6.63. The summed E-state index contributed by atoms with van der Waals surface area (Å²) < 4.78 is 49.8. The Labute approximate surface area is 240 Å². The summed E-state index contributed by atoms with van der Waals surface area (Å²) in [5, 5.41) is 0. The summed E-state index contributed by atoms with van der Waals surface area (Å²) in [6.07, 6.45) is 9.53. The van der Waals surface area contributed by atoms with Crippen LogP contribution in [0.2, 0.25) is 6.04 Å². The van der Waals surface area contributed by atoms with Gasteiger partial charge in [0.05, 0.1) is 36.8 Å². The van der Waals surface area contributed by atoms with Crippen LogP contribution in [-0.2, 0) is 28.2 Å². The van der Waals surface area contributed by atoms with Crippen molar-refractivity contribution in [3.05, 3.63) is 0 Å². The molecule has 0 bridgehead atoms. The van der Waals surface area contributed by atoms with Gasteiger partial charge in [-0.2, -0.15) is 11.8 Å². The number of quaternary nitrogens is 1. The van der Waals surface area contributed by atoms with E-state index in [0.29, 0.717) is 18.2 Å². The second kappa shape index (κ2) is 21.7. The van der Waals surface area contributed by atoms with Crippen molar-refractivity contribution in [3.63, 3.8) is 0 Å². The average Bonchev–Trinajstić information content (AvgIpc) is 2.84. The first-order valence-corrected chi connectivity index (χ1v) is 18.9. The van der Waals surface area contributed by atoms with E-state index in [1.165, 1.54) is 62.6 Å². The highest BCUT2D eigenvalue weighted by Gasteiger charge is 2.36. The van der Waals surface area contributed by atoms with E-state index in [1.54, 1.807) is 46.9 Å². The van der Waals surface area contributed by atoms with E-state index in [4.69, 9.17) is 13.3 Å². The molecule has 0 aromatic heterocycles. The van der Waals surface area contributed by atoms with Crippen molar-refractivity contribution in [1.29, 1.82) is 0 Å². The maximum absolute atomic E-state index is 11.9. The van der Waals surface area contributed by atoms with Gasteiger partial charge in [-0.3, -0.25) is 4.79 Å². The second-order valence-corrected chi connectivity index (χ2v) is 16.9. The first-order chi connectivity index (χ1) is 17.7. The molecule has 0 aliphatic heterocycles. The normalized spacial score (nSPS) is 12.8. The molecule has 0 aliphatic carbocycles. The number of carbonyl (C=O) groups is 1. The van der Waals surface area contributed by atoms with Crippen molar-refractivity contribution < 1.29 is 35.5 Å². The summed E-state index contributed by atoms with van der Waals surface area (Å²) in [6.45, 7) is 14.3. The van der Waals surface area contributed by atoms with Gasteiger partial charge in [0.15, 0.2) is 0 Å². The highest BCUT2D eigenvalue weighted by atomic mass is 32.2.